The molecule has 1 fully saturated rings. The third-order valence-electron chi connectivity index (χ3n) is 3.73. The zero-order valence-electron chi connectivity index (χ0n) is 11.0. The normalized spacial score (nSPS) is 29.1. The molecule has 110 valence electrons. The maximum atomic E-state index is 11.9. The molecule has 0 aromatic heterocycles. The molecule has 0 aliphatic heterocycles. The van der Waals surface area contributed by atoms with Crippen molar-refractivity contribution >= 4 is 31.7 Å². The van der Waals surface area contributed by atoms with Crippen molar-refractivity contribution in [3.63, 3.8) is 0 Å². The summed E-state index contributed by atoms with van der Waals surface area (Å²) in [5.41, 5.74) is -0.695. The van der Waals surface area contributed by atoms with Gasteiger partial charge in [0.05, 0.1) is 11.9 Å². The molecule has 0 unspecified atom stereocenters. The first-order valence-electron chi connectivity index (χ1n) is 5.92. The van der Waals surface area contributed by atoms with Crippen molar-refractivity contribution in [1.29, 1.82) is 0 Å². The summed E-state index contributed by atoms with van der Waals surface area (Å²) in [6, 6.07) is 7.03. The minimum absolute atomic E-state index is 0.124. The fourth-order valence-electron chi connectivity index (χ4n) is 2.90. The molecule has 1 aliphatic rings. The quantitative estimate of drug-likeness (QED) is 0.861. The molecule has 0 radical (unpaired) electrons. The lowest BCUT2D eigenvalue weighted by atomic mass is 10.0. The lowest BCUT2D eigenvalue weighted by Crippen LogP contribution is -2.28. The second-order valence-electron chi connectivity index (χ2n) is 5.06. The number of carbonyl (C=O) groups is 1. The van der Waals surface area contributed by atoms with E-state index in [0.717, 1.165) is 10.7 Å². The number of carboxylic acid groups (broad SMARTS) is 1. The van der Waals surface area contributed by atoms with E-state index in [2.05, 4.69) is 15.9 Å². The lowest BCUT2D eigenvalue weighted by Gasteiger charge is -2.11. The molecule has 5 nitrogen and oxygen atoms in total. The summed E-state index contributed by atoms with van der Waals surface area (Å²) in [4.78, 5) is 11.6. The third kappa shape index (κ3) is 2.38. The smallest absolute Gasteiger partial charge is 0.314 e. The van der Waals surface area contributed by atoms with Gasteiger partial charge in [-0.3, -0.25) is 4.79 Å². The largest absolute Gasteiger partial charge is 0.481 e. The zero-order valence-corrected chi connectivity index (χ0v) is 13.4. The molecule has 3 atom stereocenters. The van der Waals surface area contributed by atoms with Crippen LogP contribution in [0.1, 0.15) is 11.5 Å². The van der Waals surface area contributed by atoms with E-state index in [0.29, 0.717) is 5.56 Å². The molecule has 1 aliphatic carbocycles. The Bertz CT molecular complexity index is 625. The molecular formula is C13H15BrO5S. The van der Waals surface area contributed by atoms with Crippen LogP contribution in [0.5, 0.6) is 0 Å². The number of rotatable bonds is 5. The number of benzene rings is 1. The standard InChI is InChI=1S/C13H15BrO5S/c1-19-7-13(12(15)16)10(11(13)20(2,17)18)8-3-5-9(14)6-4-8/h3-6,10-11H,7H2,1-2H3,(H,15,16)/t10-,11-,13+/m0/s1. The fourth-order valence-corrected chi connectivity index (χ4v) is 5.06. The maximum Gasteiger partial charge on any atom is 0.314 e. The topological polar surface area (TPSA) is 80.7 Å². The van der Waals surface area contributed by atoms with E-state index in [1.807, 2.05) is 0 Å². The van der Waals surface area contributed by atoms with Crippen molar-refractivity contribution in [3.8, 4) is 0 Å². The highest BCUT2D eigenvalue weighted by Gasteiger charge is 2.74. The Morgan fingerprint density at radius 1 is 1.40 bits per heavy atom. The first-order chi connectivity index (χ1) is 9.25. The minimum atomic E-state index is -3.48. The predicted molar refractivity (Wildman–Crippen MR) is 77.5 cm³/mol. The second kappa shape index (κ2) is 5.13. The van der Waals surface area contributed by atoms with Crippen LogP contribution in [0.2, 0.25) is 0 Å². The van der Waals surface area contributed by atoms with Crippen LogP contribution in [-0.4, -0.2) is 44.7 Å². The number of carboxylic acids is 1. The first kappa shape index (κ1) is 15.5. The van der Waals surface area contributed by atoms with Crippen molar-refractivity contribution < 1.29 is 23.1 Å². The van der Waals surface area contributed by atoms with Crippen molar-refractivity contribution in [1.82, 2.24) is 0 Å². The lowest BCUT2D eigenvalue weighted by molar-refractivity contribution is -0.145. The highest BCUT2D eigenvalue weighted by atomic mass is 79.9. The third-order valence-corrected chi connectivity index (χ3v) is 5.87. The maximum absolute atomic E-state index is 11.9. The molecule has 1 saturated carbocycles. The summed E-state index contributed by atoms with van der Waals surface area (Å²) < 4.78 is 29.7. The Hall–Kier alpha value is -0.920. The van der Waals surface area contributed by atoms with Gasteiger partial charge in [-0.15, -0.1) is 0 Å². The van der Waals surface area contributed by atoms with Crippen molar-refractivity contribution in [2.24, 2.45) is 5.41 Å². The van der Waals surface area contributed by atoms with Crippen LogP contribution in [-0.2, 0) is 19.4 Å². The molecule has 0 saturated heterocycles. The molecule has 1 aromatic rings. The number of methoxy groups -OCH3 is 1. The van der Waals surface area contributed by atoms with Crippen molar-refractivity contribution in [2.45, 2.75) is 11.2 Å². The number of halogens is 1. The van der Waals surface area contributed by atoms with E-state index in [9.17, 15) is 18.3 Å². The van der Waals surface area contributed by atoms with Crippen molar-refractivity contribution in [2.75, 3.05) is 20.0 Å². The summed E-state index contributed by atoms with van der Waals surface area (Å²) in [5.74, 6) is -1.72. The minimum Gasteiger partial charge on any atom is -0.481 e. The Labute approximate surface area is 126 Å². The summed E-state index contributed by atoms with van der Waals surface area (Å²) in [6.07, 6.45) is 1.07. The highest BCUT2D eigenvalue weighted by molar-refractivity contribution is 9.10. The summed E-state index contributed by atoms with van der Waals surface area (Å²) in [5, 5.41) is 8.55. The molecule has 0 spiro atoms. The summed E-state index contributed by atoms with van der Waals surface area (Å²) in [6.45, 7) is -0.124. The molecule has 0 amide bonds. The SMILES string of the molecule is COC[C@@]1(C(=O)O)[C@@H](c2ccc(Br)cc2)[C@@H]1S(C)(=O)=O. The number of hydrogen-bond donors (Lipinski definition) is 1. The van der Waals surface area contributed by atoms with E-state index in [1.54, 1.807) is 24.3 Å². The van der Waals surface area contributed by atoms with E-state index < -0.39 is 32.4 Å². The molecule has 1 aromatic carbocycles. The number of hydrogen-bond acceptors (Lipinski definition) is 4. The molecular weight excluding hydrogens is 348 g/mol. The number of sulfone groups is 1. The Balaban J connectivity index is 2.49. The Morgan fingerprint density at radius 2 is 1.95 bits per heavy atom. The van der Waals surface area contributed by atoms with E-state index >= 15 is 0 Å². The summed E-state index contributed by atoms with van der Waals surface area (Å²) >= 11 is 3.30. The number of aliphatic carboxylic acids is 1. The van der Waals surface area contributed by atoms with Gasteiger partial charge in [0.1, 0.15) is 5.41 Å². The van der Waals surface area contributed by atoms with Crippen LogP contribution < -0.4 is 0 Å². The molecule has 7 heteroatoms. The van der Waals surface area contributed by atoms with Gasteiger partial charge in [-0.2, -0.15) is 0 Å². The average Bonchev–Trinajstić information content (AvgIpc) is 3.01. The van der Waals surface area contributed by atoms with Crippen molar-refractivity contribution in [3.05, 3.63) is 34.3 Å². The predicted octanol–water partition coefficient (Wildman–Crippen LogP) is 1.68. The van der Waals surface area contributed by atoms with Gasteiger partial charge in [0.2, 0.25) is 0 Å². The van der Waals surface area contributed by atoms with Gasteiger partial charge < -0.3 is 9.84 Å². The number of ether oxygens (including phenoxy) is 1. The van der Waals surface area contributed by atoms with Gasteiger partial charge in [-0.05, 0) is 17.7 Å². The van der Waals surface area contributed by atoms with E-state index in [4.69, 9.17) is 4.74 Å². The first-order valence-corrected chi connectivity index (χ1v) is 8.66. The van der Waals surface area contributed by atoms with Crippen LogP contribution in [0, 0.1) is 5.41 Å². The van der Waals surface area contributed by atoms with Gasteiger partial charge in [-0.25, -0.2) is 8.42 Å². The van der Waals surface area contributed by atoms with E-state index in [-0.39, 0.29) is 6.61 Å². The molecule has 2 rings (SSSR count). The van der Waals surface area contributed by atoms with Gasteiger partial charge in [0, 0.05) is 23.8 Å². The van der Waals surface area contributed by atoms with Crippen LogP contribution in [0.15, 0.2) is 28.7 Å². The zero-order chi connectivity index (χ0) is 15.1. The van der Waals surface area contributed by atoms with E-state index in [1.165, 1.54) is 7.11 Å². The van der Waals surface area contributed by atoms with Gasteiger partial charge >= 0.3 is 5.97 Å². The fraction of sp³-hybridized carbons (Fsp3) is 0.462. The summed E-state index contributed by atoms with van der Waals surface area (Å²) in [7, 11) is -2.11. The van der Waals surface area contributed by atoms with Crippen LogP contribution in [0.4, 0.5) is 0 Å². The Morgan fingerprint density at radius 3 is 2.35 bits per heavy atom. The second-order valence-corrected chi connectivity index (χ2v) is 8.14. The Kier molecular flexibility index (Phi) is 3.96. The van der Waals surface area contributed by atoms with Gasteiger partial charge in [0.15, 0.2) is 9.84 Å². The van der Waals surface area contributed by atoms with Gasteiger partial charge in [-0.1, -0.05) is 28.1 Å². The molecule has 1 N–H and O–H groups in total. The monoisotopic (exact) mass is 362 g/mol. The molecule has 20 heavy (non-hydrogen) atoms. The molecule has 0 bridgehead atoms. The van der Waals surface area contributed by atoms with Crippen LogP contribution in [0.25, 0.3) is 0 Å². The van der Waals surface area contributed by atoms with Gasteiger partial charge in [0.25, 0.3) is 0 Å². The van der Waals surface area contributed by atoms with Crippen LogP contribution >= 0.6 is 15.9 Å². The van der Waals surface area contributed by atoms with Crippen LogP contribution in [0.3, 0.4) is 0 Å². The molecule has 0 heterocycles. The highest BCUT2D eigenvalue weighted by Crippen LogP contribution is 2.63. The average molecular weight is 363 g/mol.